The highest BCUT2D eigenvalue weighted by molar-refractivity contribution is 7.92. The van der Waals surface area contributed by atoms with Gasteiger partial charge in [0.1, 0.15) is 18.4 Å². The van der Waals surface area contributed by atoms with Gasteiger partial charge in [-0.15, -0.1) is 0 Å². The van der Waals surface area contributed by atoms with Crippen molar-refractivity contribution in [2.45, 2.75) is 44.2 Å². The minimum Gasteiger partial charge on any atom is -0.493 e. The van der Waals surface area contributed by atoms with Crippen LogP contribution in [0.3, 0.4) is 0 Å². The number of nitrogens with one attached hydrogen (secondary N) is 1. The third-order valence-corrected chi connectivity index (χ3v) is 9.05. The van der Waals surface area contributed by atoms with Gasteiger partial charge in [0, 0.05) is 29.2 Å². The van der Waals surface area contributed by atoms with Crippen LogP contribution < -0.4 is 19.1 Å². The summed E-state index contributed by atoms with van der Waals surface area (Å²) in [5.74, 6) is -1.24. The number of unbranched alkanes of at least 4 members (excludes halogenated alkanes) is 1. The lowest BCUT2D eigenvalue weighted by Crippen LogP contribution is -2.51. The summed E-state index contributed by atoms with van der Waals surface area (Å²) in [5, 5.41) is 3.48. The molecule has 0 spiro atoms. The van der Waals surface area contributed by atoms with Crippen molar-refractivity contribution in [2.75, 3.05) is 31.6 Å². The predicted molar refractivity (Wildman–Crippen MR) is 165 cm³/mol. The van der Waals surface area contributed by atoms with Gasteiger partial charge in [0.05, 0.1) is 24.8 Å². The van der Waals surface area contributed by atoms with E-state index in [1.165, 1.54) is 55.5 Å². The van der Waals surface area contributed by atoms with E-state index in [4.69, 9.17) is 32.7 Å². The smallest absolute Gasteiger partial charge is 0.264 e. The summed E-state index contributed by atoms with van der Waals surface area (Å²) in [6.45, 7) is 3.13. The Morgan fingerprint density at radius 3 is 2.26 bits per heavy atom. The van der Waals surface area contributed by atoms with E-state index in [9.17, 15) is 22.4 Å². The van der Waals surface area contributed by atoms with Gasteiger partial charge < -0.3 is 19.7 Å². The van der Waals surface area contributed by atoms with Gasteiger partial charge in [-0.2, -0.15) is 0 Å². The monoisotopic (exact) mass is 653 g/mol. The third kappa shape index (κ3) is 8.52. The zero-order chi connectivity index (χ0) is 31.7. The van der Waals surface area contributed by atoms with E-state index >= 15 is 0 Å². The van der Waals surface area contributed by atoms with Crippen molar-refractivity contribution in [3.05, 3.63) is 82.1 Å². The average Bonchev–Trinajstić information content (AvgIpc) is 2.99. The molecule has 3 aromatic carbocycles. The molecule has 1 atom stereocenters. The van der Waals surface area contributed by atoms with Crippen LogP contribution in [0.5, 0.6) is 11.5 Å². The zero-order valence-corrected chi connectivity index (χ0v) is 26.6. The number of sulfonamides is 1. The number of hydrogen-bond donors (Lipinski definition) is 1. The Morgan fingerprint density at radius 1 is 0.977 bits per heavy atom. The van der Waals surface area contributed by atoms with Gasteiger partial charge in [0.2, 0.25) is 11.8 Å². The van der Waals surface area contributed by atoms with Crippen LogP contribution in [0, 0.1) is 5.82 Å². The Hall–Kier alpha value is -3.54. The number of ether oxygens (including phenoxy) is 2. The minimum absolute atomic E-state index is 0.0362. The first-order chi connectivity index (χ1) is 20.4. The van der Waals surface area contributed by atoms with Gasteiger partial charge in [-0.3, -0.25) is 13.9 Å². The van der Waals surface area contributed by atoms with Crippen LogP contribution in [0.15, 0.2) is 65.6 Å². The molecular weight excluding hydrogens is 620 g/mol. The van der Waals surface area contributed by atoms with Crippen molar-refractivity contribution in [2.24, 2.45) is 0 Å². The number of benzene rings is 3. The van der Waals surface area contributed by atoms with Crippen LogP contribution in [0.4, 0.5) is 10.1 Å². The number of anilines is 1. The quantitative estimate of drug-likeness (QED) is 0.225. The third-order valence-electron chi connectivity index (χ3n) is 6.69. The summed E-state index contributed by atoms with van der Waals surface area (Å²) in [6.07, 6.45) is 1.61. The molecule has 9 nitrogen and oxygen atoms in total. The molecule has 0 heterocycles. The van der Waals surface area contributed by atoms with E-state index in [0.717, 1.165) is 29.3 Å². The van der Waals surface area contributed by atoms with Crippen molar-refractivity contribution >= 4 is 50.7 Å². The Kier molecular flexibility index (Phi) is 12.1. The van der Waals surface area contributed by atoms with E-state index in [2.05, 4.69) is 5.32 Å². The molecular formula is C30H34Cl2FN3O6S. The molecule has 232 valence electrons. The molecule has 2 amide bonds. The number of carbonyl (C=O) groups is 2. The average molecular weight is 655 g/mol. The minimum atomic E-state index is -4.42. The van der Waals surface area contributed by atoms with Crippen molar-refractivity contribution < 1.29 is 31.9 Å². The molecule has 1 N–H and O–H groups in total. The van der Waals surface area contributed by atoms with Gasteiger partial charge in [-0.05, 0) is 67.4 Å². The van der Waals surface area contributed by atoms with E-state index in [1.54, 1.807) is 19.1 Å². The molecule has 0 unspecified atom stereocenters. The highest BCUT2D eigenvalue weighted by Gasteiger charge is 2.33. The predicted octanol–water partition coefficient (Wildman–Crippen LogP) is 5.68. The molecule has 0 aliphatic rings. The van der Waals surface area contributed by atoms with Gasteiger partial charge in [0.25, 0.3) is 10.0 Å². The lowest BCUT2D eigenvalue weighted by molar-refractivity contribution is -0.139. The summed E-state index contributed by atoms with van der Waals surface area (Å²) in [4.78, 5) is 28.1. The Balaban J connectivity index is 2.06. The largest absolute Gasteiger partial charge is 0.493 e. The normalized spacial score (nSPS) is 11.9. The van der Waals surface area contributed by atoms with Crippen LogP contribution in [0.25, 0.3) is 0 Å². The molecule has 0 aliphatic carbocycles. The summed E-state index contributed by atoms with van der Waals surface area (Å²) in [5.41, 5.74) is 0.540. The maximum absolute atomic E-state index is 14.0. The first kappa shape index (κ1) is 34.0. The molecule has 0 saturated carbocycles. The Labute approximate surface area is 261 Å². The Morgan fingerprint density at radius 2 is 1.65 bits per heavy atom. The Bertz CT molecular complexity index is 1540. The SMILES string of the molecule is CCCCNC(=O)[C@@H](C)N(Cc1ccc(Cl)cc1Cl)C(=O)CN(c1ccc(F)cc1)S(=O)(=O)c1ccc(OC)c(OC)c1. The summed E-state index contributed by atoms with van der Waals surface area (Å²) in [6, 6.07) is 12.4. The maximum atomic E-state index is 14.0. The molecule has 3 rings (SSSR count). The maximum Gasteiger partial charge on any atom is 0.264 e. The molecule has 0 aromatic heterocycles. The number of methoxy groups -OCH3 is 2. The molecule has 0 fully saturated rings. The second kappa shape index (κ2) is 15.3. The van der Waals surface area contributed by atoms with Gasteiger partial charge >= 0.3 is 0 Å². The van der Waals surface area contributed by atoms with Gasteiger partial charge in [-0.1, -0.05) is 42.6 Å². The number of hydrogen-bond acceptors (Lipinski definition) is 6. The fourth-order valence-electron chi connectivity index (χ4n) is 4.19. The number of nitrogens with zero attached hydrogens (tertiary/aromatic N) is 2. The second-order valence-electron chi connectivity index (χ2n) is 9.58. The van der Waals surface area contributed by atoms with Crippen molar-refractivity contribution in [1.82, 2.24) is 10.2 Å². The van der Waals surface area contributed by atoms with Gasteiger partial charge in [-0.25, -0.2) is 12.8 Å². The van der Waals surface area contributed by atoms with Crippen molar-refractivity contribution in [3.8, 4) is 11.5 Å². The molecule has 3 aromatic rings. The number of rotatable bonds is 14. The van der Waals surface area contributed by atoms with E-state index in [0.29, 0.717) is 22.9 Å². The fourth-order valence-corrected chi connectivity index (χ4v) is 6.09. The number of amides is 2. The van der Waals surface area contributed by atoms with Crippen molar-refractivity contribution in [3.63, 3.8) is 0 Å². The number of halogens is 3. The fraction of sp³-hybridized carbons (Fsp3) is 0.333. The number of carbonyl (C=O) groups excluding carboxylic acids is 2. The summed E-state index contributed by atoms with van der Waals surface area (Å²) < 4.78 is 53.2. The van der Waals surface area contributed by atoms with E-state index in [-0.39, 0.29) is 27.9 Å². The molecule has 43 heavy (non-hydrogen) atoms. The van der Waals surface area contributed by atoms with Crippen LogP contribution in [-0.2, 0) is 26.2 Å². The topological polar surface area (TPSA) is 105 Å². The summed E-state index contributed by atoms with van der Waals surface area (Å²) in [7, 11) is -1.64. The molecule has 0 radical (unpaired) electrons. The highest BCUT2D eigenvalue weighted by atomic mass is 35.5. The molecule has 0 bridgehead atoms. The second-order valence-corrected chi connectivity index (χ2v) is 12.3. The van der Waals surface area contributed by atoms with Crippen LogP contribution in [0.1, 0.15) is 32.3 Å². The first-order valence-electron chi connectivity index (χ1n) is 13.4. The zero-order valence-electron chi connectivity index (χ0n) is 24.3. The van der Waals surface area contributed by atoms with Crippen LogP contribution >= 0.6 is 23.2 Å². The standard InChI is InChI=1S/C30H34Cl2FN3O6S/c1-5-6-15-34-30(38)20(2)35(18-21-7-8-22(31)16-26(21)32)29(37)19-36(24-11-9-23(33)10-12-24)43(39,40)25-13-14-27(41-3)28(17-25)42-4/h7-14,16-17,20H,5-6,15,18-19H2,1-4H3,(H,34,38)/t20-/m1/s1. The lowest BCUT2D eigenvalue weighted by Gasteiger charge is -2.32. The van der Waals surface area contributed by atoms with E-state index < -0.39 is 40.2 Å². The van der Waals surface area contributed by atoms with Gasteiger partial charge in [0.15, 0.2) is 11.5 Å². The van der Waals surface area contributed by atoms with Crippen LogP contribution in [0.2, 0.25) is 10.0 Å². The molecule has 13 heteroatoms. The van der Waals surface area contributed by atoms with Crippen LogP contribution in [-0.4, -0.2) is 58.5 Å². The summed E-state index contributed by atoms with van der Waals surface area (Å²) >= 11 is 12.5. The lowest BCUT2D eigenvalue weighted by atomic mass is 10.1. The molecule has 0 saturated heterocycles. The molecule has 0 aliphatic heterocycles. The van der Waals surface area contributed by atoms with Crippen molar-refractivity contribution in [1.29, 1.82) is 0 Å². The van der Waals surface area contributed by atoms with E-state index in [1.807, 2.05) is 6.92 Å². The highest BCUT2D eigenvalue weighted by Crippen LogP contribution is 2.32. The first-order valence-corrected chi connectivity index (χ1v) is 15.6.